The van der Waals surface area contributed by atoms with E-state index in [1.165, 1.54) is 14.1 Å². The third kappa shape index (κ3) is 2.79. The van der Waals surface area contributed by atoms with Crippen molar-refractivity contribution in [3.63, 3.8) is 0 Å². The molecule has 0 bridgehead atoms. The van der Waals surface area contributed by atoms with Gasteiger partial charge in [0.25, 0.3) is 0 Å². The van der Waals surface area contributed by atoms with Gasteiger partial charge in [-0.1, -0.05) is 0 Å². The maximum Gasteiger partial charge on any atom is 0.387 e. The van der Waals surface area contributed by atoms with E-state index in [0.717, 1.165) is 11.2 Å². The van der Waals surface area contributed by atoms with Crippen LogP contribution < -0.4 is 0 Å². The number of hydrogen-bond acceptors (Lipinski definition) is 4. The second kappa shape index (κ2) is 2.98. The van der Waals surface area contributed by atoms with E-state index in [2.05, 4.69) is 4.18 Å². The molecule has 0 saturated carbocycles. The highest BCUT2D eigenvalue weighted by molar-refractivity contribution is 7.84. The standard InChI is InChI=1S/C4H9NO4S/c1-4(6)9-10(7,8)5(2)3/h1-3H3. The lowest BCUT2D eigenvalue weighted by Gasteiger charge is -2.08. The lowest BCUT2D eigenvalue weighted by molar-refractivity contribution is -0.131. The van der Waals surface area contributed by atoms with E-state index in [4.69, 9.17) is 0 Å². The van der Waals surface area contributed by atoms with Crippen LogP contribution in [0.4, 0.5) is 0 Å². The van der Waals surface area contributed by atoms with Crippen molar-refractivity contribution < 1.29 is 17.4 Å². The molecule has 6 heteroatoms. The predicted molar refractivity (Wildman–Crippen MR) is 34.4 cm³/mol. The van der Waals surface area contributed by atoms with Crippen LogP contribution in [0, 0.1) is 0 Å². The zero-order valence-corrected chi connectivity index (χ0v) is 6.80. The van der Waals surface area contributed by atoms with Crippen molar-refractivity contribution in [2.45, 2.75) is 6.92 Å². The molecular weight excluding hydrogens is 158 g/mol. The van der Waals surface area contributed by atoms with E-state index in [9.17, 15) is 13.2 Å². The highest BCUT2D eigenvalue weighted by Crippen LogP contribution is 1.95. The van der Waals surface area contributed by atoms with Crippen molar-refractivity contribution in [3.05, 3.63) is 0 Å². The monoisotopic (exact) mass is 167 g/mol. The van der Waals surface area contributed by atoms with Gasteiger partial charge in [-0.25, -0.2) is 0 Å². The molecule has 0 saturated heterocycles. The van der Waals surface area contributed by atoms with Crippen molar-refractivity contribution in [1.29, 1.82) is 0 Å². The quantitative estimate of drug-likeness (QED) is 0.548. The second-order valence-electron chi connectivity index (χ2n) is 1.82. The number of hydrogen-bond donors (Lipinski definition) is 0. The molecule has 0 spiro atoms. The molecule has 0 radical (unpaired) electrons. The molecule has 10 heavy (non-hydrogen) atoms. The SMILES string of the molecule is CC(=O)OS(=O)(=O)N(C)C. The van der Waals surface area contributed by atoms with Crippen molar-refractivity contribution in [3.8, 4) is 0 Å². The molecule has 0 amide bonds. The summed E-state index contributed by atoms with van der Waals surface area (Å²) in [5, 5.41) is 0. The van der Waals surface area contributed by atoms with Gasteiger partial charge in [0.05, 0.1) is 0 Å². The Labute approximate surface area is 59.8 Å². The molecule has 0 N–H and O–H groups in total. The molecule has 0 atom stereocenters. The summed E-state index contributed by atoms with van der Waals surface area (Å²) in [6.07, 6.45) is 0. The van der Waals surface area contributed by atoms with Crippen LogP contribution in [0.2, 0.25) is 0 Å². The second-order valence-corrected chi connectivity index (χ2v) is 3.57. The fraction of sp³-hybridized carbons (Fsp3) is 0.750. The summed E-state index contributed by atoms with van der Waals surface area (Å²) in [5.41, 5.74) is 0. The summed E-state index contributed by atoms with van der Waals surface area (Å²) < 4.78 is 26.0. The van der Waals surface area contributed by atoms with Crippen LogP contribution >= 0.6 is 0 Å². The van der Waals surface area contributed by atoms with Gasteiger partial charge in [-0.2, -0.15) is 12.7 Å². The first kappa shape index (κ1) is 9.38. The minimum Gasteiger partial charge on any atom is -0.334 e. The van der Waals surface area contributed by atoms with Crippen molar-refractivity contribution in [2.75, 3.05) is 14.1 Å². The first-order chi connectivity index (χ1) is 4.36. The molecule has 60 valence electrons. The van der Waals surface area contributed by atoms with Crippen LogP contribution in [0.15, 0.2) is 0 Å². The Morgan fingerprint density at radius 3 is 1.90 bits per heavy atom. The predicted octanol–water partition coefficient (Wildman–Crippen LogP) is -0.644. The molecule has 0 aromatic carbocycles. The average molecular weight is 167 g/mol. The highest BCUT2D eigenvalue weighted by atomic mass is 32.2. The topological polar surface area (TPSA) is 63.7 Å². The molecule has 0 fully saturated rings. The smallest absolute Gasteiger partial charge is 0.334 e. The maximum absolute atomic E-state index is 10.6. The zero-order valence-electron chi connectivity index (χ0n) is 5.99. The highest BCUT2D eigenvalue weighted by Gasteiger charge is 2.16. The Morgan fingerprint density at radius 2 is 1.80 bits per heavy atom. The van der Waals surface area contributed by atoms with Crippen molar-refractivity contribution in [2.24, 2.45) is 0 Å². The Morgan fingerprint density at radius 1 is 1.40 bits per heavy atom. The van der Waals surface area contributed by atoms with Gasteiger partial charge in [-0.05, 0) is 0 Å². The summed E-state index contributed by atoms with van der Waals surface area (Å²) >= 11 is 0. The molecule has 0 aromatic rings. The first-order valence-corrected chi connectivity index (χ1v) is 3.85. The van der Waals surface area contributed by atoms with Crippen LogP contribution in [0.3, 0.4) is 0 Å². The van der Waals surface area contributed by atoms with Gasteiger partial charge in [0.1, 0.15) is 0 Å². The van der Waals surface area contributed by atoms with E-state index >= 15 is 0 Å². The number of nitrogens with zero attached hydrogens (tertiary/aromatic N) is 1. The summed E-state index contributed by atoms with van der Waals surface area (Å²) in [6.45, 7) is 1.03. The van der Waals surface area contributed by atoms with Gasteiger partial charge >= 0.3 is 16.3 Å². The third-order valence-corrected chi connectivity index (χ3v) is 2.01. The molecular formula is C4H9NO4S. The van der Waals surface area contributed by atoms with Gasteiger partial charge in [0, 0.05) is 21.0 Å². The minimum absolute atomic E-state index is 0.814. The number of carbonyl (C=O) groups is 1. The maximum atomic E-state index is 10.6. The van der Waals surface area contributed by atoms with E-state index in [1.54, 1.807) is 0 Å². The van der Waals surface area contributed by atoms with Gasteiger partial charge in [-0.15, -0.1) is 0 Å². The van der Waals surface area contributed by atoms with Crippen LogP contribution in [-0.2, 0) is 19.3 Å². The van der Waals surface area contributed by atoms with Gasteiger partial charge in [0.2, 0.25) is 0 Å². The Bertz CT molecular complexity index is 217. The normalized spacial score (nSPS) is 11.6. The Kier molecular flexibility index (Phi) is 2.79. The zero-order chi connectivity index (χ0) is 8.36. The summed E-state index contributed by atoms with van der Waals surface area (Å²) in [4.78, 5) is 10.1. The Hall–Kier alpha value is -0.620. The van der Waals surface area contributed by atoms with E-state index in [1.807, 2.05) is 0 Å². The summed E-state index contributed by atoms with van der Waals surface area (Å²) in [6, 6.07) is 0. The van der Waals surface area contributed by atoms with E-state index < -0.39 is 16.3 Å². The van der Waals surface area contributed by atoms with E-state index in [-0.39, 0.29) is 0 Å². The van der Waals surface area contributed by atoms with Crippen molar-refractivity contribution in [1.82, 2.24) is 4.31 Å². The molecule has 0 aliphatic rings. The molecule has 5 nitrogen and oxygen atoms in total. The lowest BCUT2D eigenvalue weighted by Crippen LogP contribution is -2.26. The number of carbonyl (C=O) groups excluding carboxylic acids is 1. The molecule has 0 aliphatic heterocycles. The van der Waals surface area contributed by atoms with Crippen LogP contribution in [0.5, 0.6) is 0 Å². The fourth-order valence-electron chi connectivity index (χ4n) is 0.223. The van der Waals surface area contributed by atoms with Gasteiger partial charge in [-0.3, -0.25) is 4.79 Å². The molecule has 0 aromatic heterocycles. The third-order valence-electron chi connectivity index (χ3n) is 0.670. The molecule has 0 heterocycles. The summed E-state index contributed by atoms with van der Waals surface area (Å²) in [5.74, 6) is -0.839. The fourth-order valence-corrected chi connectivity index (χ4v) is 0.669. The largest absolute Gasteiger partial charge is 0.387 e. The van der Waals surface area contributed by atoms with Gasteiger partial charge in [0.15, 0.2) is 0 Å². The minimum atomic E-state index is -3.81. The van der Waals surface area contributed by atoms with Crippen LogP contribution in [-0.4, -0.2) is 32.8 Å². The first-order valence-electron chi connectivity index (χ1n) is 2.49. The van der Waals surface area contributed by atoms with Gasteiger partial charge < -0.3 is 4.18 Å². The average Bonchev–Trinajstić information content (AvgIpc) is 1.60. The lowest BCUT2D eigenvalue weighted by atomic mass is 10.9. The van der Waals surface area contributed by atoms with Crippen LogP contribution in [0.25, 0.3) is 0 Å². The Balaban J connectivity index is 4.31. The van der Waals surface area contributed by atoms with Crippen molar-refractivity contribution >= 4 is 16.3 Å². The van der Waals surface area contributed by atoms with Crippen LogP contribution in [0.1, 0.15) is 6.92 Å². The molecule has 0 unspecified atom stereocenters. The molecule has 0 rings (SSSR count). The molecule has 0 aliphatic carbocycles. The summed E-state index contributed by atoms with van der Waals surface area (Å²) in [7, 11) is -1.26. The number of rotatable bonds is 2. The van der Waals surface area contributed by atoms with E-state index in [0.29, 0.717) is 0 Å².